The van der Waals surface area contributed by atoms with Crippen LogP contribution in [0.4, 0.5) is 11.4 Å². The zero-order chi connectivity index (χ0) is 14.7. The highest BCUT2D eigenvalue weighted by Crippen LogP contribution is 2.38. The fraction of sp³-hybridized carbons (Fsp3) is 0.600. The quantitative estimate of drug-likeness (QED) is 0.614. The molecule has 110 valence electrons. The number of anilines is 1. The van der Waals surface area contributed by atoms with Crippen molar-refractivity contribution >= 4 is 11.4 Å². The first-order chi connectivity index (χ1) is 9.51. The summed E-state index contributed by atoms with van der Waals surface area (Å²) in [5.74, 6) is 1.62. The second kappa shape index (κ2) is 6.22. The maximum Gasteiger partial charge on any atom is 0.269 e. The topological polar surface area (TPSA) is 58.4 Å². The van der Waals surface area contributed by atoms with Gasteiger partial charge in [-0.1, -0.05) is 6.92 Å². The first-order valence-electron chi connectivity index (χ1n) is 7.21. The number of nitrogens with zero attached hydrogens (tertiary/aromatic N) is 2. The minimum atomic E-state index is -0.331. The van der Waals surface area contributed by atoms with Gasteiger partial charge in [0.15, 0.2) is 0 Å². The molecule has 1 saturated carbocycles. The summed E-state index contributed by atoms with van der Waals surface area (Å²) in [7, 11) is 2.08. The number of nitrogens with one attached hydrogen (secondary N) is 1. The molecule has 20 heavy (non-hydrogen) atoms. The van der Waals surface area contributed by atoms with Crippen LogP contribution in [-0.2, 0) is 6.54 Å². The summed E-state index contributed by atoms with van der Waals surface area (Å²) in [6.45, 7) is 6.92. The lowest BCUT2D eigenvalue weighted by molar-refractivity contribution is -0.384. The van der Waals surface area contributed by atoms with Crippen LogP contribution >= 0.6 is 0 Å². The van der Waals surface area contributed by atoms with E-state index in [-0.39, 0.29) is 10.6 Å². The lowest BCUT2D eigenvalue weighted by Gasteiger charge is -2.19. The molecule has 2 rings (SSSR count). The minimum absolute atomic E-state index is 0.162. The minimum Gasteiger partial charge on any atom is -0.385 e. The fourth-order valence-corrected chi connectivity index (χ4v) is 2.60. The molecule has 2 atom stereocenters. The summed E-state index contributed by atoms with van der Waals surface area (Å²) >= 11 is 0. The van der Waals surface area contributed by atoms with Gasteiger partial charge in [-0.15, -0.1) is 0 Å². The lowest BCUT2D eigenvalue weighted by atomic mass is 10.1. The average Bonchev–Trinajstić information content (AvgIpc) is 3.06. The van der Waals surface area contributed by atoms with E-state index in [2.05, 4.69) is 24.2 Å². The van der Waals surface area contributed by atoms with Gasteiger partial charge in [-0.05, 0) is 43.9 Å². The van der Waals surface area contributed by atoms with Crippen LogP contribution in [0.2, 0.25) is 0 Å². The molecule has 0 aliphatic heterocycles. The Morgan fingerprint density at radius 2 is 2.20 bits per heavy atom. The largest absolute Gasteiger partial charge is 0.385 e. The molecule has 0 bridgehead atoms. The molecular formula is C15H23N3O2. The number of non-ortho nitro benzene ring substituents is 1. The Morgan fingerprint density at radius 1 is 1.50 bits per heavy atom. The molecule has 0 aromatic heterocycles. The van der Waals surface area contributed by atoms with Crippen molar-refractivity contribution in [1.82, 2.24) is 4.90 Å². The molecule has 2 unspecified atom stereocenters. The predicted octanol–water partition coefficient (Wildman–Crippen LogP) is 3.11. The van der Waals surface area contributed by atoms with Gasteiger partial charge < -0.3 is 10.2 Å². The number of rotatable bonds is 7. The number of nitro groups is 1. The van der Waals surface area contributed by atoms with Crippen molar-refractivity contribution in [2.45, 2.75) is 26.8 Å². The Labute approximate surface area is 120 Å². The van der Waals surface area contributed by atoms with Crippen molar-refractivity contribution in [3.63, 3.8) is 0 Å². The molecule has 0 heterocycles. The first-order valence-corrected chi connectivity index (χ1v) is 7.21. The SMILES string of the molecule is CCNc1ccc([N+](=O)[O-])cc1CN(C)CC1CC1C. The fourth-order valence-electron chi connectivity index (χ4n) is 2.60. The molecule has 1 aliphatic rings. The van der Waals surface area contributed by atoms with Crippen LogP contribution in [0.15, 0.2) is 18.2 Å². The molecule has 0 radical (unpaired) electrons. The average molecular weight is 277 g/mol. The van der Waals surface area contributed by atoms with Gasteiger partial charge in [0.2, 0.25) is 0 Å². The van der Waals surface area contributed by atoms with Crippen LogP contribution in [0.25, 0.3) is 0 Å². The Kier molecular flexibility index (Phi) is 4.60. The zero-order valence-corrected chi connectivity index (χ0v) is 12.4. The lowest BCUT2D eigenvalue weighted by Crippen LogP contribution is -2.21. The van der Waals surface area contributed by atoms with Crippen LogP contribution < -0.4 is 5.32 Å². The van der Waals surface area contributed by atoms with E-state index in [0.29, 0.717) is 0 Å². The smallest absolute Gasteiger partial charge is 0.269 e. The van der Waals surface area contributed by atoms with Gasteiger partial charge in [-0.2, -0.15) is 0 Å². The Balaban J connectivity index is 2.09. The van der Waals surface area contributed by atoms with Gasteiger partial charge in [0.25, 0.3) is 5.69 Å². The van der Waals surface area contributed by atoms with E-state index in [1.165, 1.54) is 6.42 Å². The third-order valence-corrected chi connectivity index (χ3v) is 3.93. The summed E-state index contributed by atoms with van der Waals surface area (Å²) in [5, 5.41) is 14.2. The molecule has 0 saturated heterocycles. The number of benzene rings is 1. The molecule has 0 spiro atoms. The normalized spacial score (nSPS) is 21.0. The molecule has 5 heteroatoms. The second-order valence-corrected chi connectivity index (χ2v) is 5.80. The third kappa shape index (κ3) is 3.70. The molecular weight excluding hydrogens is 254 g/mol. The third-order valence-electron chi connectivity index (χ3n) is 3.93. The second-order valence-electron chi connectivity index (χ2n) is 5.80. The molecule has 0 amide bonds. The predicted molar refractivity (Wildman–Crippen MR) is 80.9 cm³/mol. The van der Waals surface area contributed by atoms with Crippen LogP contribution in [0, 0.1) is 22.0 Å². The highest BCUT2D eigenvalue weighted by atomic mass is 16.6. The van der Waals surface area contributed by atoms with Crippen molar-refractivity contribution in [2.75, 3.05) is 25.5 Å². The van der Waals surface area contributed by atoms with Gasteiger partial charge in [-0.3, -0.25) is 10.1 Å². The van der Waals surface area contributed by atoms with Crippen LogP contribution in [0.1, 0.15) is 25.8 Å². The Bertz CT molecular complexity index is 490. The summed E-state index contributed by atoms with van der Waals surface area (Å²) in [6.07, 6.45) is 1.30. The number of nitro benzene ring substituents is 1. The Hall–Kier alpha value is -1.62. The number of hydrogen-bond donors (Lipinski definition) is 1. The van der Waals surface area contributed by atoms with Crippen molar-refractivity contribution < 1.29 is 4.92 Å². The van der Waals surface area contributed by atoms with Gasteiger partial charge in [-0.25, -0.2) is 0 Å². The van der Waals surface area contributed by atoms with Gasteiger partial charge in [0, 0.05) is 37.5 Å². The van der Waals surface area contributed by atoms with E-state index >= 15 is 0 Å². The molecule has 1 aliphatic carbocycles. The van der Waals surface area contributed by atoms with Crippen LogP contribution in [0.3, 0.4) is 0 Å². The Morgan fingerprint density at radius 3 is 2.75 bits per heavy atom. The van der Waals surface area contributed by atoms with E-state index in [4.69, 9.17) is 0 Å². The number of hydrogen-bond acceptors (Lipinski definition) is 4. The van der Waals surface area contributed by atoms with E-state index in [1.54, 1.807) is 12.1 Å². The van der Waals surface area contributed by atoms with E-state index < -0.39 is 0 Å². The monoisotopic (exact) mass is 277 g/mol. The van der Waals surface area contributed by atoms with Crippen molar-refractivity contribution in [1.29, 1.82) is 0 Å². The van der Waals surface area contributed by atoms with Crippen LogP contribution in [-0.4, -0.2) is 30.0 Å². The highest BCUT2D eigenvalue weighted by molar-refractivity contribution is 5.56. The van der Waals surface area contributed by atoms with E-state index in [9.17, 15) is 10.1 Å². The van der Waals surface area contributed by atoms with Gasteiger partial charge >= 0.3 is 0 Å². The molecule has 1 aromatic rings. The van der Waals surface area contributed by atoms with Crippen molar-refractivity contribution in [3.8, 4) is 0 Å². The summed E-state index contributed by atoms with van der Waals surface area (Å²) in [4.78, 5) is 12.8. The molecule has 5 nitrogen and oxygen atoms in total. The van der Waals surface area contributed by atoms with E-state index in [0.717, 1.165) is 42.7 Å². The maximum absolute atomic E-state index is 10.9. The summed E-state index contributed by atoms with van der Waals surface area (Å²) < 4.78 is 0. The van der Waals surface area contributed by atoms with Crippen LogP contribution in [0.5, 0.6) is 0 Å². The van der Waals surface area contributed by atoms with Gasteiger partial charge in [0.05, 0.1) is 4.92 Å². The van der Waals surface area contributed by atoms with Gasteiger partial charge in [0.1, 0.15) is 0 Å². The van der Waals surface area contributed by atoms with E-state index in [1.807, 2.05) is 13.0 Å². The zero-order valence-electron chi connectivity index (χ0n) is 12.4. The van der Waals surface area contributed by atoms with Crippen molar-refractivity contribution in [2.24, 2.45) is 11.8 Å². The molecule has 1 aromatic carbocycles. The summed E-state index contributed by atoms with van der Waals surface area (Å²) in [6, 6.07) is 5.06. The standard InChI is InChI=1S/C15H23N3O2/c1-4-16-15-6-5-14(18(19)20)8-13(15)10-17(3)9-12-7-11(12)2/h5-6,8,11-12,16H,4,7,9-10H2,1-3H3. The maximum atomic E-state index is 10.9. The molecule has 1 N–H and O–H groups in total. The molecule has 1 fully saturated rings. The first kappa shape index (κ1) is 14.8. The summed E-state index contributed by atoms with van der Waals surface area (Å²) in [5.41, 5.74) is 2.15. The van der Waals surface area contributed by atoms with Crippen molar-refractivity contribution in [3.05, 3.63) is 33.9 Å². The highest BCUT2D eigenvalue weighted by Gasteiger charge is 2.33.